The van der Waals surface area contributed by atoms with E-state index < -0.39 is 0 Å². The summed E-state index contributed by atoms with van der Waals surface area (Å²) in [5.74, 6) is 2.69. The molecule has 1 fully saturated rings. The smallest absolute Gasteiger partial charge is 0.132 e. The molecule has 0 atom stereocenters. The van der Waals surface area contributed by atoms with Gasteiger partial charge >= 0.3 is 0 Å². The molecule has 0 spiro atoms. The molecule has 4 nitrogen and oxygen atoms in total. The van der Waals surface area contributed by atoms with Crippen molar-refractivity contribution in [1.29, 1.82) is 0 Å². The lowest BCUT2D eigenvalue weighted by atomic mass is 9.98. The van der Waals surface area contributed by atoms with Crippen molar-refractivity contribution >= 4 is 5.82 Å². The first-order valence-electron chi connectivity index (χ1n) is 7.40. The maximum Gasteiger partial charge on any atom is 0.132 e. The topological polar surface area (TPSA) is 38.2 Å². The molecule has 0 N–H and O–H groups in total. The van der Waals surface area contributed by atoms with Gasteiger partial charge in [-0.05, 0) is 39.0 Å². The van der Waals surface area contributed by atoms with Crippen LogP contribution in [-0.2, 0) is 11.2 Å². The Morgan fingerprint density at radius 3 is 2.63 bits per heavy atom. The van der Waals surface area contributed by atoms with E-state index >= 15 is 0 Å². The molecule has 4 heteroatoms. The van der Waals surface area contributed by atoms with E-state index in [-0.39, 0.29) is 0 Å². The second-order valence-corrected chi connectivity index (χ2v) is 5.21. The van der Waals surface area contributed by atoms with E-state index in [1.165, 1.54) is 12.8 Å². The highest BCUT2D eigenvalue weighted by atomic mass is 16.5. The van der Waals surface area contributed by atoms with Crippen molar-refractivity contribution < 1.29 is 4.74 Å². The highest BCUT2D eigenvalue weighted by molar-refractivity contribution is 5.40. The lowest BCUT2D eigenvalue weighted by Gasteiger charge is -2.32. The van der Waals surface area contributed by atoms with E-state index in [2.05, 4.69) is 34.8 Å². The summed E-state index contributed by atoms with van der Waals surface area (Å²) in [4.78, 5) is 11.4. The van der Waals surface area contributed by atoms with Crippen molar-refractivity contribution in [2.75, 3.05) is 31.2 Å². The summed E-state index contributed by atoms with van der Waals surface area (Å²) in [6.45, 7) is 10.1. The standard InChI is InChI=1S/C15H25N3O/c1-4-14-10-15(17-12(3)16-14)18-8-6-13(7-9-18)11-19-5-2/h10,13H,4-9,11H2,1-3H3. The predicted octanol–water partition coefficient (Wildman–Crippen LogP) is 2.60. The number of hydrogen-bond donors (Lipinski definition) is 0. The Labute approximate surface area is 116 Å². The molecule has 0 bridgehead atoms. The van der Waals surface area contributed by atoms with Crippen molar-refractivity contribution in [2.45, 2.75) is 40.0 Å². The fourth-order valence-corrected chi connectivity index (χ4v) is 2.57. The third-order valence-corrected chi connectivity index (χ3v) is 3.74. The fourth-order valence-electron chi connectivity index (χ4n) is 2.57. The number of nitrogens with zero attached hydrogens (tertiary/aromatic N) is 3. The maximum absolute atomic E-state index is 5.53. The molecule has 1 aliphatic heterocycles. The summed E-state index contributed by atoms with van der Waals surface area (Å²) in [6, 6.07) is 2.13. The van der Waals surface area contributed by atoms with Crippen LogP contribution in [0, 0.1) is 12.8 Å². The van der Waals surface area contributed by atoms with Gasteiger partial charge in [-0.2, -0.15) is 0 Å². The van der Waals surface area contributed by atoms with Crippen molar-refractivity contribution in [3.8, 4) is 0 Å². The average Bonchev–Trinajstić information content (AvgIpc) is 2.45. The van der Waals surface area contributed by atoms with Gasteiger partial charge in [0.1, 0.15) is 11.6 Å². The normalized spacial score (nSPS) is 16.9. The van der Waals surface area contributed by atoms with Crippen LogP contribution in [0.2, 0.25) is 0 Å². The quantitative estimate of drug-likeness (QED) is 0.818. The zero-order chi connectivity index (χ0) is 13.7. The van der Waals surface area contributed by atoms with Gasteiger partial charge in [-0.3, -0.25) is 0 Å². The summed E-state index contributed by atoms with van der Waals surface area (Å²) in [5, 5.41) is 0. The molecule has 0 radical (unpaired) electrons. The molecular formula is C15H25N3O. The zero-order valence-electron chi connectivity index (χ0n) is 12.4. The Hall–Kier alpha value is -1.16. The van der Waals surface area contributed by atoms with Crippen LogP contribution in [-0.4, -0.2) is 36.3 Å². The van der Waals surface area contributed by atoms with Crippen LogP contribution in [0.15, 0.2) is 6.07 Å². The molecular weight excluding hydrogens is 238 g/mol. The number of rotatable bonds is 5. The molecule has 1 saturated heterocycles. The van der Waals surface area contributed by atoms with E-state index in [9.17, 15) is 0 Å². The molecule has 2 heterocycles. The van der Waals surface area contributed by atoms with Gasteiger partial charge in [-0.25, -0.2) is 9.97 Å². The van der Waals surface area contributed by atoms with Crippen molar-refractivity contribution in [1.82, 2.24) is 9.97 Å². The van der Waals surface area contributed by atoms with Crippen LogP contribution >= 0.6 is 0 Å². The Bertz CT molecular complexity index is 400. The number of hydrogen-bond acceptors (Lipinski definition) is 4. The number of aryl methyl sites for hydroxylation is 2. The molecule has 0 saturated carbocycles. The third-order valence-electron chi connectivity index (χ3n) is 3.74. The molecule has 1 aliphatic rings. The van der Waals surface area contributed by atoms with Crippen LogP contribution in [0.5, 0.6) is 0 Å². The molecule has 1 aromatic rings. The lowest BCUT2D eigenvalue weighted by molar-refractivity contribution is 0.100. The average molecular weight is 263 g/mol. The Balaban J connectivity index is 1.95. The van der Waals surface area contributed by atoms with E-state index in [0.29, 0.717) is 5.92 Å². The van der Waals surface area contributed by atoms with Crippen LogP contribution in [0.1, 0.15) is 38.2 Å². The SMILES string of the molecule is CCOCC1CCN(c2cc(CC)nc(C)n2)CC1. The zero-order valence-corrected chi connectivity index (χ0v) is 12.4. The van der Waals surface area contributed by atoms with Gasteiger partial charge in [0.15, 0.2) is 0 Å². The van der Waals surface area contributed by atoms with Gasteiger partial charge in [0.2, 0.25) is 0 Å². The van der Waals surface area contributed by atoms with E-state index in [1.807, 2.05) is 6.92 Å². The number of aromatic nitrogens is 2. The second kappa shape index (κ2) is 6.85. The molecule has 0 aliphatic carbocycles. The van der Waals surface area contributed by atoms with Crippen LogP contribution in [0.3, 0.4) is 0 Å². The Morgan fingerprint density at radius 2 is 2.00 bits per heavy atom. The van der Waals surface area contributed by atoms with E-state index in [0.717, 1.165) is 50.1 Å². The lowest BCUT2D eigenvalue weighted by Crippen LogP contribution is -2.35. The van der Waals surface area contributed by atoms with Gasteiger partial charge < -0.3 is 9.64 Å². The first-order chi connectivity index (χ1) is 9.22. The van der Waals surface area contributed by atoms with Crippen molar-refractivity contribution in [3.05, 3.63) is 17.6 Å². The summed E-state index contributed by atoms with van der Waals surface area (Å²) < 4.78 is 5.53. The fraction of sp³-hybridized carbons (Fsp3) is 0.733. The highest BCUT2D eigenvalue weighted by Gasteiger charge is 2.20. The Kier molecular flexibility index (Phi) is 5.14. The van der Waals surface area contributed by atoms with E-state index in [4.69, 9.17) is 4.74 Å². The van der Waals surface area contributed by atoms with Gasteiger partial charge in [0.25, 0.3) is 0 Å². The number of anilines is 1. The molecule has 1 aromatic heterocycles. The summed E-state index contributed by atoms with van der Waals surface area (Å²) in [5.41, 5.74) is 1.14. The van der Waals surface area contributed by atoms with Gasteiger partial charge in [0.05, 0.1) is 0 Å². The first kappa shape index (κ1) is 14.3. The number of piperidine rings is 1. The van der Waals surface area contributed by atoms with Crippen molar-refractivity contribution in [2.24, 2.45) is 5.92 Å². The summed E-state index contributed by atoms with van der Waals surface area (Å²) >= 11 is 0. The molecule has 0 amide bonds. The van der Waals surface area contributed by atoms with Crippen LogP contribution in [0.25, 0.3) is 0 Å². The minimum Gasteiger partial charge on any atom is -0.381 e. The minimum absolute atomic E-state index is 0.713. The highest BCUT2D eigenvalue weighted by Crippen LogP contribution is 2.22. The van der Waals surface area contributed by atoms with Gasteiger partial charge in [-0.1, -0.05) is 6.92 Å². The monoisotopic (exact) mass is 263 g/mol. The second-order valence-electron chi connectivity index (χ2n) is 5.21. The van der Waals surface area contributed by atoms with Crippen LogP contribution in [0.4, 0.5) is 5.82 Å². The predicted molar refractivity (Wildman–Crippen MR) is 77.6 cm³/mol. The van der Waals surface area contributed by atoms with Gasteiger partial charge in [0, 0.05) is 38.1 Å². The minimum atomic E-state index is 0.713. The maximum atomic E-state index is 5.53. The first-order valence-corrected chi connectivity index (χ1v) is 7.40. The molecule has 106 valence electrons. The third kappa shape index (κ3) is 3.90. The van der Waals surface area contributed by atoms with Gasteiger partial charge in [-0.15, -0.1) is 0 Å². The largest absolute Gasteiger partial charge is 0.381 e. The Morgan fingerprint density at radius 1 is 1.26 bits per heavy atom. The molecule has 0 aromatic carbocycles. The summed E-state index contributed by atoms with van der Waals surface area (Å²) in [6.07, 6.45) is 3.37. The molecule has 2 rings (SSSR count). The number of ether oxygens (including phenoxy) is 1. The molecule has 0 unspecified atom stereocenters. The van der Waals surface area contributed by atoms with Crippen LogP contribution < -0.4 is 4.90 Å². The molecule has 19 heavy (non-hydrogen) atoms. The summed E-state index contributed by atoms with van der Waals surface area (Å²) in [7, 11) is 0. The van der Waals surface area contributed by atoms with Crippen molar-refractivity contribution in [3.63, 3.8) is 0 Å². The van der Waals surface area contributed by atoms with E-state index in [1.54, 1.807) is 0 Å².